The van der Waals surface area contributed by atoms with Gasteiger partial charge in [0.2, 0.25) is 12.4 Å². The van der Waals surface area contributed by atoms with Crippen molar-refractivity contribution in [3.05, 3.63) is 28.5 Å². The molecule has 1 atom stereocenters. The summed E-state index contributed by atoms with van der Waals surface area (Å²) in [7, 11) is 0. The second-order valence-electron chi connectivity index (χ2n) is 4.24. The highest BCUT2D eigenvalue weighted by atomic mass is 35.5. The number of aromatic nitrogens is 1. The van der Waals surface area contributed by atoms with Gasteiger partial charge in [-0.1, -0.05) is 49.9 Å². The van der Waals surface area contributed by atoms with Gasteiger partial charge in [0.05, 0.1) is 0 Å². The van der Waals surface area contributed by atoms with Crippen molar-refractivity contribution in [3.8, 4) is 0 Å². The van der Waals surface area contributed by atoms with Gasteiger partial charge >= 0.3 is 0 Å². The van der Waals surface area contributed by atoms with E-state index in [1.54, 1.807) is 23.2 Å². The van der Waals surface area contributed by atoms with Crippen LogP contribution in [0, 0.1) is 5.92 Å². The summed E-state index contributed by atoms with van der Waals surface area (Å²) in [5.41, 5.74) is 0. The lowest BCUT2D eigenvalue weighted by atomic mass is 10.0. The first-order valence-electron chi connectivity index (χ1n) is 6.16. The molecule has 0 aliphatic heterocycles. The van der Waals surface area contributed by atoms with Gasteiger partial charge in [-0.3, -0.25) is 4.84 Å². The molecule has 0 aromatic carbocycles. The van der Waals surface area contributed by atoms with Gasteiger partial charge in [-0.15, -0.1) is 0 Å². The molecular weight excluding hydrogens is 257 g/mol. The summed E-state index contributed by atoms with van der Waals surface area (Å²) in [4.78, 5) is 5.67. The summed E-state index contributed by atoms with van der Waals surface area (Å²) in [6, 6.07) is 1.69. The standard InChI is InChI=1S/C13H20Cl2NO/c1-3-5-6-11(4-2)10-17-16-8-12(14)7-13(15)9-16/h7-9,11H,3-6,10H2,1-2H3/q+1. The zero-order valence-corrected chi connectivity index (χ0v) is 12.0. The first-order chi connectivity index (χ1) is 8.15. The van der Waals surface area contributed by atoms with Gasteiger partial charge in [0.25, 0.3) is 0 Å². The summed E-state index contributed by atoms with van der Waals surface area (Å²) in [6.45, 7) is 5.11. The van der Waals surface area contributed by atoms with Gasteiger partial charge < -0.3 is 0 Å². The Hall–Kier alpha value is -0.470. The van der Waals surface area contributed by atoms with Crippen molar-refractivity contribution >= 4 is 23.2 Å². The van der Waals surface area contributed by atoms with E-state index in [1.165, 1.54) is 19.3 Å². The molecule has 0 N–H and O–H groups in total. The fourth-order valence-corrected chi connectivity index (χ4v) is 2.13. The van der Waals surface area contributed by atoms with Crippen LogP contribution in [0.2, 0.25) is 10.0 Å². The van der Waals surface area contributed by atoms with E-state index >= 15 is 0 Å². The molecule has 1 aromatic heterocycles. The molecule has 0 aliphatic carbocycles. The zero-order valence-electron chi connectivity index (χ0n) is 10.5. The van der Waals surface area contributed by atoms with Gasteiger partial charge in [-0.05, 0) is 24.8 Å². The number of hydrogen-bond donors (Lipinski definition) is 0. The van der Waals surface area contributed by atoms with Crippen molar-refractivity contribution in [1.82, 2.24) is 0 Å². The van der Waals surface area contributed by atoms with Crippen molar-refractivity contribution < 1.29 is 9.57 Å². The monoisotopic (exact) mass is 276 g/mol. The van der Waals surface area contributed by atoms with E-state index in [9.17, 15) is 0 Å². The van der Waals surface area contributed by atoms with Gasteiger partial charge in [0.15, 0.2) is 6.61 Å². The molecule has 17 heavy (non-hydrogen) atoms. The van der Waals surface area contributed by atoms with E-state index in [1.807, 2.05) is 0 Å². The Morgan fingerprint density at radius 2 is 1.88 bits per heavy atom. The lowest BCUT2D eigenvalue weighted by molar-refractivity contribution is -0.892. The Morgan fingerprint density at radius 1 is 1.24 bits per heavy atom. The predicted octanol–water partition coefficient (Wildman–Crippen LogP) is 3.93. The quantitative estimate of drug-likeness (QED) is 0.688. The maximum Gasteiger partial charge on any atom is 0.241 e. The topological polar surface area (TPSA) is 13.1 Å². The summed E-state index contributed by atoms with van der Waals surface area (Å²) >= 11 is 11.8. The SMILES string of the molecule is CCCCC(CC)CO[n+]1cc(Cl)cc(Cl)c1. The molecule has 96 valence electrons. The second kappa shape index (κ2) is 7.78. The number of rotatable bonds is 7. The van der Waals surface area contributed by atoms with Crippen molar-refractivity contribution in [2.24, 2.45) is 5.92 Å². The highest BCUT2D eigenvalue weighted by Gasteiger charge is 2.12. The Bertz CT molecular complexity index is 324. The molecule has 2 nitrogen and oxygen atoms in total. The van der Waals surface area contributed by atoms with E-state index in [4.69, 9.17) is 28.0 Å². The van der Waals surface area contributed by atoms with Crippen LogP contribution in [0.5, 0.6) is 0 Å². The molecule has 0 aliphatic rings. The normalized spacial score (nSPS) is 12.5. The minimum Gasteiger partial charge on any atom is -0.271 e. The number of nitrogens with zero attached hydrogens (tertiary/aromatic N) is 1. The van der Waals surface area contributed by atoms with Crippen LogP contribution in [0.1, 0.15) is 39.5 Å². The van der Waals surface area contributed by atoms with E-state index in [0.29, 0.717) is 22.6 Å². The summed E-state index contributed by atoms with van der Waals surface area (Å²) in [6.07, 6.45) is 8.27. The molecule has 0 fully saturated rings. The molecule has 1 rings (SSSR count). The molecule has 4 heteroatoms. The largest absolute Gasteiger partial charge is 0.271 e. The Labute approximate surface area is 113 Å². The van der Waals surface area contributed by atoms with Crippen molar-refractivity contribution in [2.75, 3.05) is 6.61 Å². The van der Waals surface area contributed by atoms with Gasteiger partial charge in [-0.25, -0.2) is 0 Å². The molecule has 1 unspecified atom stereocenters. The molecule has 0 radical (unpaired) electrons. The third kappa shape index (κ3) is 5.60. The van der Waals surface area contributed by atoms with Crippen molar-refractivity contribution in [2.45, 2.75) is 39.5 Å². The van der Waals surface area contributed by atoms with Gasteiger partial charge in [0.1, 0.15) is 10.0 Å². The predicted molar refractivity (Wildman–Crippen MR) is 71.4 cm³/mol. The maximum atomic E-state index is 5.90. The first-order valence-corrected chi connectivity index (χ1v) is 6.92. The number of halogens is 2. The first kappa shape index (κ1) is 14.6. The molecule has 0 bridgehead atoms. The van der Waals surface area contributed by atoms with Crippen LogP contribution in [-0.4, -0.2) is 6.61 Å². The van der Waals surface area contributed by atoms with Crippen LogP contribution in [0.15, 0.2) is 18.5 Å². The fraction of sp³-hybridized carbons (Fsp3) is 0.615. The Balaban J connectivity index is 2.47. The molecule has 1 heterocycles. The van der Waals surface area contributed by atoms with E-state index in [-0.39, 0.29) is 0 Å². The van der Waals surface area contributed by atoms with E-state index in [0.717, 1.165) is 6.42 Å². The van der Waals surface area contributed by atoms with Crippen LogP contribution in [-0.2, 0) is 0 Å². The van der Waals surface area contributed by atoms with Crippen LogP contribution in [0.4, 0.5) is 0 Å². The molecule has 0 saturated heterocycles. The lowest BCUT2D eigenvalue weighted by Crippen LogP contribution is -2.44. The fourth-order valence-electron chi connectivity index (χ4n) is 1.65. The summed E-state index contributed by atoms with van der Waals surface area (Å²) in [5, 5.41) is 1.17. The van der Waals surface area contributed by atoms with Gasteiger partial charge in [0, 0.05) is 4.73 Å². The summed E-state index contributed by atoms with van der Waals surface area (Å²) < 4.78 is 1.60. The molecule has 0 saturated carbocycles. The average Bonchev–Trinajstić information content (AvgIpc) is 2.28. The van der Waals surface area contributed by atoms with Crippen molar-refractivity contribution in [1.29, 1.82) is 0 Å². The number of pyridine rings is 1. The second-order valence-corrected chi connectivity index (χ2v) is 5.12. The van der Waals surface area contributed by atoms with Crippen molar-refractivity contribution in [3.63, 3.8) is 0 Å². The molecule has 0 amide bonds. The van der Waals surface area contributed by atoms with Crippen LogP contribution < -0.4 is 9.57 Å². The molecular formula is C13H20Cl2NO+. The summed E-state index contributed by atoms with van der Waals surface area (Å²) in [5.74, 6) is 0.597. The Morgan fingerprint density at radius 3 is 2.41 bits per heavy atom. The van der Waals surface area contributed by atoms with Gasteiger partial charge in [-0.2, -0.15) is 0 Å². The number of hydrogen-bond acceptors (Lipinski definition) is 1. The average molecular weight is 277 g/mol. The van der Waals surface area contributed by atoms with Crippen LogP contribution >= 0.6 is 23.2 Å². The van der Waals surface area contributed by atoms with Crippen LogP contribution in [0.25, 0.3) is 0 Å². The molecule has 1 aromatic rings. The minimum atomic E-state index is 0.583. The highest BCUT2D eigenvalue weighted by molar-refractivity contribution is 6.34. The minimum absolute atomic E-state index is 0.583. The zero-order chi connectivity index (χ0) is 12.7. The third-order valence-electron chi connectivity index (χ3n) is 2.78. The van der Waals surface area contributed by atoms with E-state index in [2.05, 4.69) is 13.8 Å². The smallest absolute Gasteiger partial charge is 0.241 e. The van der Waals surface area contributed by atoms with E-state index < -0.39 is 0 Å². The Kier molecular flexibility index (Phi) is 6.68. The maximum absolute atomic E-state index is 5.90. The highest BCUT2D eigenvalue weighted by Crippen LogP contribution is 2.13. The third-order valence-corrected chi connectivity index (χ3v) is 3.19. The lowest BCUT2D eigenvalue weighted by Gasteiger charge is -2.11. The molecule has 0 spiro atoms. The number of unbranched alkanes of at least 4 members (excludes halogenated alkanes) is 1. The van der Waals surface area contributed by atoms with Crippen LogP contribution in [0.3, 0.4) is 0 Å².